The molecule has 0 saturated heterocycles. The predicted octanol–water partition coefficient (Wildman–Crippen LogP) is 4.67. The molecule has 0 aliphatic heterocycles. The van der Waals surface area contributed by atoms with Gasteiger partial charge in [0.1, 0.15) is 0 Å². The van der Waals surface area contributed by atoms with Crippen LogP contribution in [0.1, 0.15) is 0 Å². The Morgan fingerprint density at radius 2 is 0.783 bits per heavy atom. The fraction of sp³-hybridized carbons (Fsp3) is 1.00. The predicted molar refractivity (Wildman–Crippen MR) is 44.3 cm³/mol. The van der Waals surface area contributed by atoms with Crippen LogP contribution in [0.3, 0.4) is 0 Å². The SMILES string of the molecule is FC(F)(F)C(F)(F)[Si](C(F)(F)F)(C(F)(F)F)[AsH](F)(F)C(F)(F)F. The van der Waals surface area contributed by atoms with Gasteiger partial charge in [-0.2, -0.15) is 0 Å². The molecule has 0 aliphatic carbocycles. The van der Waals surface area contributed by atoms with Crippen molar-refractivity contribution in [3.05, 3.63) is 0 Å². The molecule has 0 saturated carbocycles. The molecule has 0 heterocycles. The van der Waals surface area contributed by atoms with Crippen molar-refractivity contribution in [1.82, 2.24) is 0 Å². The van der Waals surface area contributed by atoms with Crippen LogP contribution >= 0.6 is 0 Å². The molecule has 0 amide bonds. The summed E-state index contributed by atoms with van der Waals surface area (Å²) in [5.74, 6) is -16.3. The van der Waals surface area contributed by atoms with Gasteiger partial charge in [0.05, 0.1) is 0 Å². The van der Waals surface area contributed by atoms with Gasteiger partial charge in [0.2, 0.25) is 0 Å². The average Bonchev–Trinajstić information content (AvgIpc) is 2.06. The number of hydrogen-bond acceptors (Lipinski definition) is 0. The van der Waals surface area contributed by atoms with Gasteiger partial charge >= 0.3 is 117 Å². The van der Waals surface area contributed by atoms with Crippen molar-refractivity contribution in [3.8, 4) is 0 Å². The van der Waals surface area contributed by atoms with Crippen molar-refractivity contribution < 1.29 is 68.4 Å². The van der Waals surface area contributed by atoms with Gasteiger partial charge in [-0.05, 0) is 0 Å². The van der Waals surface area contributed by atoms with Crippen LogP contribution in [-0.4, -0.2) is 48.7 Å². The summed E-state index contributed by atoms with van der Waals surface area (Å²) in [5.41, 5.74) is -8.34. The van der Waals surface area contributed by atoms with E-state index in [0.717, 1.165) is 0 Å². The number of rotatable bonds is 2. The second-order valence-corrected chi connectivity index (χ2v) is 18.7. The molecule has 0 unspecified atom stereocenters. The van der Waals surface area contributed by atoms with E-state index < -0.39 is 48.7 Å². The summed E-state index contributed by atoms with van der Waals surface area (Å²) in [7, 11) is 0. The third-order valence-electron chi connectivity index (χ3n) is 2.50. The molecular formula is C5HAsF16Si. The Bertz CT molecular complexity index is 391. The zero-order valence-electron chi connectivity index (χ0n) is 9.55. The van der Waals surface area contributed by atoms with Gasteiger partial charge in [0, 0.05) is 0 Å². The van der Waals surface area contributed by atoms with E-state index in [-0.39, 0.29) is 0 Å². The molecular weight excluding hydrogens is 467 g/mol. The Kier molecular flexibility index (Phi) is 5.24. The standard InChI is InChI=1S/C5HAsF16Si/c7-1(8,9)2(10,11)23(4(15,16)17,5(18,19)20)6(21,22)3(12,13)14/h6H. The van der Waals surface area contributed by atoms with Crippen LogP contribution < -0.4 is 0 Å². The van der Waals surface area contributed by atoms with Crippen LogP contribution in [0.15, 0.2) is 0 Å². The Labute approximate surface area is 118 Å². The summed E-state index contributed by atoms with van der Waals surface area (Å²) in [5, 5.41) is 0. The van der Waals surface area contributed by atoms with E-state index in [1.165, 1.54) is 0 Å². The first-order valence-corrected chi connectivity index (χ1v) is 12.3. The number of hydrogen-bond donors (Lipinski definition) is 0. The van der Waals surface area contributed by atoms with E-state index in [4.69, 9.17) is 0 Å². The molecule has 0 aromatic heterocycles. The fourth-order valence-corrected chi connectivity index (χ4v) is 15.0. The summed E-state index contributed by atoms with van der Waals surface area (Å²) >= 11 is -10.9. The van der Waals surface area contributed by atoms with Crippen LogP contribution in [0.4, 0.5) is 68.4 Å². The van der Waals surface area contributed by atoms with Crippen LogP contribution in [0.5, 0.6) is 0 Å². The first-order chi connectivity index (χ1) is 9.50. The summed E-state index contributed by atoms with van der Waals surface area (Å²) < 4.78 is 197. The summed E-state index contributed by atoms with van der Waals surface area (Å²) in [6.45, 7) is -10.7. The molecule has 0 rings (SSSR count). The molecule has 0 N–H and O–H groups in total. The van der Waals surface area contributed by atoms with Gasteiger partial charge in [0.15, 0.2) is 0 Å². The Morgan fingerprint density at radius 3 is 0.913 bits per heavy atom. The van der Waals surface area contributed by atoms with Crippen LogP contribution in [0.25, 0.3) is 0 Å². The van der Waals surface area contributed by atoms with E-state index in [2.05, 4.69) is 0 Å². The van der Waals surface area contributed by atoms with Crippen LogP contribution in [-0.2, 0) is 0 Å². The van der Waals surface area contributed by atoms with Gasteiger partial charge < -0.3 is 0 Å². The van der Waals surface area contributed by atoms with Gasteiger partial charge in [0.25, 0.3) is 0 Å². The van der Waals surface area contributed by atoms with Crippen LogP contribution in [0, 0.1) is 0 Å². The minimum atomic E-state index is -10.9. The van der Waals surface area contributed by atoms with E-state index in [9.17, 15) is 68.4 Å². The first kappa shape index (κ1) is 22.7. The maximum atomic E-state index is 13.0. The van der Waals surface area contributed by atoms with E-state index in [0.29, 0.717) is 0 Å². The van der Waals surface area contributed by atoms with Gasteiger partial charge in [-0.3, -0.25) is 0 Å². The fourth-order valence-electron chi connectivity index (χ4n) is 1.50. The molecule has 18 heteroatoms. The molecule has 0 aromatic rings. The minimum absolute atomic E-state index is 7.79. The average molecular weight is 468 g/mol. The molecule has 0 fully saturated rings. The van der Waals surface area contributed by atoms with Crippen molar-refractivity contribution in [1.29, 1.82) is 0 Å². The van der Waals surface area contributed by atoms with Crippen molar-refractivity contribution in [2.24, 2.45) is 0 Å². The number of halogens is 16. The van der Waals surface area contributed by atoms with Gasteiger partial charge in [-0.25, -0.2) is 0 Å². The molecule has 0 bridgehead atoms. The third kappa shape index (κ3) is 2.91. The van der Waals surface area contributed by atoms with Crippen molar-refractivity contribution in [3.63, 3.8) is 0 Å². The number of alkyl halides is 14. The second kappa shape index (κ2) is 5.32. The summed E-state index contributed by atoms with van der Waals surface area (Å²) in [6.07, 6.45) is -7.93. The zero-order chi connectivity index (χ0) is 19.5. The van der Waals surface area contributed by atoms with Crippen molar-refractivity contribution in [2.75, 3.05) is 0 Å². The Morgan fingerprint density at radius 1 is 0.522 bits per heavy atom. The van der Waals surface area contributed by atoms with E-state index in [1.54, 1.807) is 0 Å². The van der Waals surface area contributed by atoms with Crippen molar-refractivity contribution in [2.45, 2.75) is 28.3 Å². The normalized spacial score (nSPS) is 17.4. The zero-order valence-corrected chi connectivity index (χ0v) is 12.6. The first-order valence-electron chi connectivity index (χ1n) is 4.52. The summed E-state index contributed by atoms with van der Waals surface area (Å²) in [4.78, 5) is -7.79. The monoisotopic (exact) mass is 468 g/mol. The molecule has 0 radical (unpaired) electrons. The molecule has 23 heavy (non-hydrogen) atoms. The quantitative estimate of drug-likeness (QED) is 0.409. The van der Waals surface area contributed by atoms with Crippen molar-refractivity contribution >= 4 is 20.4 Å². The van der Waals surface area contributed by atoms with E-state index >= 15 is 0 Å². The molecule has 142 valence electrons. The van der Waals surface area contributed by atoms with Gasteiger partial charge in [-0.15, -0.1) is 0 Å². The Hall–Kier alpha value is -0.345. The summed E-state index contributed by atoms with van der Waals surface area (Å²) in [6, 6.07) is 0. The second-order valence-electron chi connectivity index (χ2n) is 3.89. The van der Waals surface area contributed by atoms with Crippen LogP contribution in [0.2, 0.25) is 0 Å². The van der Waals surface area contributed by atoms with Gasteiger partial charge in [-0.1, -0.05) is 0 Å². The third-order valence-corrected chi connectivity index (χ3v) is 20.8. The molecule has 0 nitrogen and oxygen atoms in total. The molecule has 0 aliphatic rings. The van der Waals surface area contributed by atoms with E-state index in [1.807, 2.05) is 0 Å². The Balaban J connectivity index is 7.30. The molecule has 0 aromatic carbocycles. The molecule has 0 atom stereocenters. The maximum absolute atomic E-state index is 13.0. The topological polar surface area (TPSA) is 0 Å². The molecule has 0 spiro atoms.